The van der Waals surface area contributed by atoms with Crippen molar-refractivity contribution in [1.29, 1.82) is 0 Å². The number of H-pyrrole nitrogens is 1. The Bertz CT molecular complexity index is 615. The summed E-state index contributed by atoms with van der Waals surface area (Å²) < 4.78 is 30.4. The zero-order valence-corrected chi connectivity index (χ0v) is 10.6. The number of alkyl halides is 2. The Hall–Kier alpha value is -1.62. The molecule has 2 rings (SSSR count). The fourth-order valence-electron chi connectivity index (χ4n) is 2.17. The molecule has 2 heterocycles. The van der Waals surface area contributed by atoms with Gasteiger partial charge in [-0.25, -0.2) is 13.6 Å². The van der Waals surface area contributed by atoms with Crippen LogP contribution < -0.4 is 11.2 Å². The first-order valence-corrected chi connectivity index (χ1v) is 6.09. The summed E-state index contributed by atoms with van der Waals surface area (Å²) in [4.78, 5) is 25.0. The number of ether oxygens (including phenoxy) is 1. The highest BCUT2D eigenvalue weighted by molar-refractivity contribution is 5.14. The molecule has 1 aromatic rings. The molecule has 1 aliphatic heterocycles. The first kappa shape index (κ1) is 15.8. The number of hydrogen-bond acceptors (Lipinski definition) is 6. The summed E-state index contributed by atoms with van der Waals surface area (Å²) in [6.45, 7) is -1.53. The van der Waals surface area contributed by atoms with Crippen LogP contribution in [0.25, 0.3) is 0 Å². The van der Waals surface area contributed by atoms with E-state index in [1.54, 1.807) is 0 Å². The molecular formula is C11H14F2N2O6. The average Bonchev–Trinajstić information content (AvgIpc) is 2.69. The van der Waals surface area contributed by atoms with E-state index in [1.807, 2.05) is 4.98 Å². The van der Waals surface area contributed by atoms with Crippen LogP contribution in [0.4, 0.5) is 8.78 Å². The number of hydrogen-bond donors (Lipinski definition) is 4. The molecule has 4 atom stereocenters. The van der Waals surface area contributed by atoms with Gasteiger partial charge in [0.05, 0.1) is 18.7 Å². The fourth-order valence-corrected chi connectivity index (χ4v) is 2.17. The van der Waals surface area contributed by atoms with Gasteiger partial charge in [-0.3, -0.25) is 14.3 Å². The number of rotatable bonds is 4. The number of aromatic amines is 1. The van der Waals surface area contributed by atoms with Gasteiger partial charge in [-0.1, -0.05) is 0 Å². The number of aliphatic hydroxyl groups is 3. The zero-order chi connectivity index (χ0) is 15.7. The molecule has 0 amide bonds. The molecule has 0 bridgehead atoms. The van der Waals surface area contributed by atoms with Crippen LogP contribution in [0, 0.1) is 0 Å². The highest BCUT2D eigenvalue weighted by atomic mass is 19.3. The van der Waals surface area contributed by atoms with E-state index in [-0.39, 0.29) is 5.56 Å². The van der Waals surface area contributed by atoms with Gasteiger partial charge in [-0.15, -0.1) is 0 Å². The first-order chi connectivity index (χ1) is 9.85. The molecule has 0 aliphatic carbocycles. The molecule has 1 fully saturated rings. The molecule has 4 N–H and O–H groups in total. The monoisotopic (exact) mass is 308 g/mol. The van der Waals surface area contributed by atoms with Crippen LogP contribution in [0.2, 0.25) is 0 Å². The minimum Gasteiger partial charge on any atom is -0.394 e. The second kappa shape index (κ2) is 6.02. The summed E-state index contributed by atoms with van der Waals surface area (Å²) in [6.07, 6.45) is -7.36. The quantitative estimate of drug-likeness (QED) is 0.508. The Morgan fingerprint density at radius 2 is 2.00 bits per heavy atom. The fraction of sp³-hybridized carbons (Fsp3) is 0.636. The van der Waals surface area contributed by atoms with Crippen LogP contribution in [0.5, 0.6) is 0 Å². The van der Waals surface area contributed by atoms with E-state index in [4.69, 9.17) is 9.84 Å². The Morgan fingerprint density at radius 3 is 2.52 bits per heavy atom. The predicted octanol–water partition coefficient (Wildman–Crippen LogP) is -2.04. The molecule has 1 aromatic heterocycles. The first-order valence-electron chi connectivity index (χ1n) is 6.09. The van der Waals surface area contributed by atoms with Crippen LogP contribution >= 0.6 is 0 Å². The van der Waals surface area contributed by atoms with Crippen molar-refractivity contribution in [3.05, 3.63) is 32.6 Å². The smallest absolute Gasteiger partial charge is 0.328 e. The number of nitrogens with zero attached hydrogens (tertiary/aromatic N) is 1. The minimum absolute atomic E-state index is 0.280. The van der Waals surface area contributed by atoms with Gasteiger partial charge in [0.1, 0.15) is 24.4 Å². The van der Waals surface area contributed by atoms with Crippen molar-refractivity contribution < 1.29 is 28.8 Å². The lowest BCUT2D eigenvalue weighted by Gasteiger charge is -2.15. The highest BCUT2D eigenvalue weighted by Crippen LogP contribution is 2.31. The third-order valence-electron chi connectivity index (χ3n) is 3.22. The lowest BCUT2D eigenvalue weighted by Crippen LogP contribution is -2.36. The SMILES string of the molecule is O=c1[nH]c(=O)n(CC(F)F)cc1[C@@H]1O[C@H](CO)[C@@H](O)[C@H]1O. The van der Waals surface area contributed by atoms with E-state index < -0.39 is 55.2 Å². The van der Waals surface area contributed by atoms with Crippen LogP contribution in [-0.4, -0.2) is 56.2 Å². The van der Waals surface area contributed by atoms with Gasteiger partial charge >= 0.3 is 5.69 Å². The Kier molecular flexibility index (Phi) is 4.52. The van der Waals surface area contributed by atoms with E-state index in [0.29, 0.717) is 4.57 Å². The lowest BCUT2D eigenvalue weighted by atomic mass is 10.0. The predicted molar refractivity (Wildman–Crippen MR) is 64.0 cm³/mol. The summed E-state index contributed by atoms with van der Waals surface area (Å²) in [5.74, 6) is 0. The van der Waals surface area contributed by atoms with Crippen molar-refractivity contribution in [3.8, 4) is 0 Å². The summed E-state index contributed by atoms with van der Waals surface area (Å²) in [7, 11) is 0. The van der Waals surface area contributed by atoms with E-state index in [0.717, 1.165) is 6.20 Å². The van der Waals surface area contributed by atoms with Crippen molar-refractivity contribution in [2.24, 2.45) is 0 Å². The molecule has 1 saturated heterocycles. The van der Waals surface area contributed by atoms with Crippen LogP contribution in [0.15, 0.2) is 15.8 Å². The van der Waals surface area contributed by atoms with Gasteiger partial charge in [0.15, 0.2) is 0 Å². The average molecular weight is 308 g/mol. The van der Waals surface area contributed by atoms with Gasteiger partial charge in [-0.2, -0.15) is 0 Å². The van der Waals surface area contributed by atoms with Gasteiger partial charge in [0, 0.05) is 6.20 Å². The third-order valence-corrected chi connectivity index (χ3v) is 3.22. The number of aliphatic hydroxyl groups excluding tert-OH is 3. The highest BCUT2D eigenvalue weighted by Gasteiger charge is 2.44. The number of aromatic nitrogens is 2. The summed E-state index contributed by atoms with van der Waals surface area (Å²) in [5, 5.41) is 28.4. The molecule has 0 radical (unpaired) electrons. The normalized spacial score (nSPS) is 29.2. The Balaban J connectivity index is 2.40. The van der Waals surface area contributed by atoms with Gasteiger partial charge in [0.2, 0.25) is 0 Å². The summed E-state index contributed by atoms with van der Waals surface area (Å²) >= 11 is 0. The Labute approximate surface area is 116 Å². The van der Waals surface area contributed by atoms with Crippen molar-refractivity contribution >= 4 is 0 Å². The molecule has 0 aromatic carbocycles. The topological polar surface area (TPSA) is 125 Å². The number of halogens is 2. The van der Waals surface area contributed by atoms with Gasteiger partial charge in [0.25, 0.3) is 12.0 Å². The van der Waals surface area contributed by atoms with Crippen molar-refractivity contribution in [2.75, 3.05) is 6.61 Å². The molecule has 0 spiro atoms. The standard InChI is InChI=1S/C11H14F2N2O6/c12-6(13)2-15-1-4(10(19)14-11(15)20)9-8(18)7(17)5(3-16)21-9/h1,5-9,16-18H,2-3H2,(H,14,19,20)/t5-,7-,8-,9+/m1/s1. The van der Waals surface area contributed by atoms with E-state index in [9.17, 15) is 28.6 Å². The second-order valence-corrected chi connectivity index (χ2v) is 4.65. The molecule has 8 nitrogen and oxygen atoms in total. The minimum atomic E-state index is -2.81. The largest absolute Gasteiger partial charge is 0.394 e. The van der Waals surface area contributed by atoms with Crippen molar-refractivity contribution in [2.45, 2.75) is 37.4 Å². The molecule has 10 heteroatoms. The van der Waals surface area contributed by atoms with Crippen molar-refractivity contribution in [3.63, 3.8) is 0 Å². The summed E-state index contributed by atoms with van der Waals surface area (Å²) in [6, 6.07) is 0. The van der Waals surface area contributed by atoms with Crippen LogP contribution in [0.3, 0.4) is 0 Å². The molecule has 0 unspecified atom stereocenters. The van der Waals surface area contributed by atoms with Crippen molar-refractivity contribution in [1.82, 2.24) is 9.55 Å². The van der Waals surface area contributed by atoms with Gasteiger partial charge < -0.3 is 20.1 Å². The molecule has 21 heavy (non-hydrogen) atoms. The summed E-state index contributed by atoms with van der Waals surface area (Å²) in [5.41, 5.74) is -2.21. The van der Waals surface area contributed by atoms with E-state index >= 15 is 0 Å². The second-order valence-electron chi connectivity index (χ2n) is 4.65. The molecular weight excluding hydrogens is 294 g/mol. The lowest BCUT2D eigenvalue weighted by molar-refractivity contribution is -0.0234. The maximum atomic E-state index is 12.4. The van der Waals surface area contributed by atoms with E-state index in [2.05, 4.69) is 0 Å². The zero-order valence-electron chi connectivity index (χ0n) is 10.6. The van der Waals surface area contributed by atoms with Gasteiger partial charge in [-0.05, 0) is 0 Å². The van der Waals surface area contributed by atoms with E-state index in [1.165, 1.54) is 0 Å². The molecule has 1 aliphatic rings. The third kappa shape index (κ3) is 3.02. The Morgan fingerprint density at radius 1 is 1.33 bits per heavy atom. The molecule has 0 saturated carbocycles. The van der Waals surface area contributed by atoms with Crippen LogP contribution in [0.1, 0.15) is 11.7 Å². The molecule has 118 valence electrons. The maximum Gasteiger partial charge on any atom is 0.328 e. The number of nitrogens with one attached hydrogen (secondary N) is 1. The maximum absolute atomic E-state index is 12.4. The van der Waals surface area contributed by atoms with Crippen LogP contribution in [-0.2, 0) is 11.3 Å².